The number of benzene rings is 3. The average Bonchev–Trinajstić information content (AvgIpc) is 3.19. The fourth-order valence-corrected chi connectivity index (χ4v) is 7.91. The van der Waals surface area contributed by atoms with Gasteiger partial charge in [0.05, 0.1) is 29.4 Å². The fraction of sp³-hybridized carbons (Fsp3) is 0.410. The normalized spacial score (nSPS) is 29.1. The van der Waals surface area contributed by atoms with Crippen molar-refractivity contribution in [2.45, 2.75) is 81.4 Å². The van der Waals surface area contributed by atoms with Crippen molar-refractivity contribution in [1.29, 1.82) is 0 Å². The molecule has 22 heteroatoms. The van der Waals surface area contributed by atoms with Crippen LogP contribution in [-0.4, -0.2) is 155 Å². The Labute approximate surface area is 342 Å². The molecule has 2 heterocycles. The molecule has 7 rings (SSSR count). The number of fused-ring (bicyclic) bond motifs is 5. The number of ketones is 2. The van der Waals surface area contributed by atoms with Crippen LogP contribution < -0.4 is 15.8 Å². The molecule has 0 bridgehead atoms. The van der Waals surface area contributed by atoms with Crippen molar-refractivity contribution in [2.24, 2.45) is 5.73 Å². The molecular weight excluding hydrogens is 816 g/mol. The monoisotopic (exact) mass is 856 g/mol. The number of aromatic hydroxyl groups is 3. The molecule has 0 spiro atoms. The zero-order valence-electron chi connectivity index (χ0n) is 31.9. The third-order valence-electron chi connectivity index (χ3n) is 10.9. The van der Waals surface area contributed by atoms with Crippen molar-refractivity contribution in [3.05, 3.63) is 68.8 Å². The number of ether oxygens (including phenoxy) is 5. The lowest BCUT2D eigenvalue weighted by Crippen LogP contribution is -2.62. The molecule has 2 fully saturated rings. The molecule has 0 unspecified atom stereocenters. The molecule has 61 heavy (non-hydrogen) atoms. The van der Waals surface area contributed by atoms with Crippen LogP contribution in [-0.2, 0) is 28.5 Å². The van der Waals surface area contributed by atoms with Gasteiger partial charge in [-0.3, -0.25) is 24.0 Å². The highest BCUT2D eigenvalue weighted by Gasteiger charge is 2.51. The molecule has 2 saturated heterocycles. The molecule has 0 radical (unpaired) electrons. The van der Waals surface area contributed by atoms with E-state index in [2.05, 4.69) is 5.32 Å². The van der Waals surface area contributed by atoms with Crippen molar-refractivity contribution in [1.82, 2.24) is 5.32 Å². The summed E-state index contributed by atoms with van der Waals surface area (Å²) >= 11 is 0. The minimum atomic E-state index is -1.98. The third-order valence-corrected chi connectivity index (χ3v) is 10.9. The molecule has 11 atom stereocenters. The summed E-state index contributed by atoms with van der Waals surface area (Å²) in [7, 11) is 0. The summed E-state index contributed by atoms with van der Waals surface area (Å²) in [5, 5.41) is 111. The molecule has 4 aliphatic rings. The number of carboxylic acids is 1. The number of aliphatic hydroxyl groups is 6. The number of hydrogen-bond acceptors (Lipinski definition) is 19. The number of primary amides is 1. The second-order valence-electron chi connectivity index (χ2n) is 14.9. The lowest BCUT2D eigenvalue weighted by molar-refractivity contribution is -0.353. The maximum atomic E-state index is 14.1. The van der Waals surface area contributed by atoms with Crippen molar-refractivity contribution >= 4 is 29.4 Å². The first-order valence-corrected chi connectivity index (χ1v) is 18.5. The van der Waals surface area contributed by atoms with E-state index in [-0.39, 0.29) is 16.9 Å². The predicted molar refractivity (Wildman–Crippen MR) is 197 cm³/mol. The lowest BCUT2D eigenvalue weighted by Gasteiger charge is -2.45. The summed E-state index contributed by atoms with van der Waals surface area (Å²) < 4.78 is 28.1. The number of nitrogens with two attached hydrogens (primary N) is 1. The van der Waals surface area contributed by atoms with Crippen molar-refractivity contribution in [2.75, 3.05) is 19.8 Å². The molecule has 2 aliphatic carbocycles. The number of nitrogens with one attached hydrogen (secondary N) is 1. The largest absolute Gasteiger partial charge is 0.507 e. The first kappa shape index (κ1) is 43.3. The number of phenolic OH excluding ortho intramolecular Hbond substituents is 3. The first-order chi connectivity index (χ1) is 28.7. The molecular formula is C39H40N2O20. The summed E-state index contributed by atoms with van der Waals surface area (Å²) in [5.74, 6) is -8.43. The van der Waals surface area contributed by atoms with Gasteiger partial charge < -0.3 is 85.8 Å². The van der Waals surface area contributed by atoms with Gasteiger partial charge in [-0.05, 0) is 42.7 Å². The Kier molecular flexibility index (Phi) is 11.5. The zero-order chi connectivity index (χ0) is 44.5. The van der Waals surface area contributed by atoms with Crippen LogP contribution in [0.1, 0.15) is 78.0 Å². The number of aryl methyl sites for hydroxylation is 1. The van der Waals surface area contributed by atoms with Crippen LogP contribution in [0, 0.1) is 6.92 Å². The Bertz CT molecular complexity index is 2350. The van der Waals surface area contributed by atoms with Gasteiger partial charge in [-0.25, -0.2) is 0 Å². The van der Waals surface area contributed by atoms with Crippen LogP contribution in [0.2, 0.25) is 0 Å². The van der Waals surface area contributed by atoms with Gasteiger partial charge in [-0.15, -0.1) is 0 Å². The van der Waals surface area contributed by atoms with E-state index >= 15 is 0 Å². The van der Waals surface area contributed by atoms with Crippen LogP contribution in [0.25, 0.3) is 11.1 Å². The number of hydrogen-bond donors (Lipinski definition) is 12. The Hall–Kier alpha value is -5.79. The Morgan fingerprint density at radius 1 is 0.803 bits per heavy atom. The summed E-state index contributed by atoms with van der Waals surface area (Å²) in [4.78, 5) is 64.2. The highest BCUT2D eigenvalue weighted by atomic mass is 16.7. The van der Waals surface area contributed by atoms with E-state index in [9.17, 15) is 75.0 Å². The van der Waals surface area contributed by atoms with Crippen molar-refractivity contribution < 1.29 is 98.7 Å². The summed E-state index contributed by atoms with van der Waals surface area (Å²) in [5.41, 5.74) is 0.831. The van der Waals surface area contributed by atoms with E-state index in [1.807, 2.05) is 0 Å². The second-order valence-corrected chi connectivity index (χ2v) is 14.9. The van der Waals surface area contributed by atoms with Gasteiger partial charge in [-0.1, -0.05) is 6.07 Å². The smallest absolute Gasteiger partial charge is 0.322 e. The highest BCUT2D eigenvalue weighted by molar-refractivity contribution is 6.31. The van der Waals surface area contributed by atoms with Crippen LogP contribution in [0.15, 0.2) is 24.3 Å². The Balaban J connectivity index is 1.35. The number of carbonyl (C=O) groups excluding carboxylic acids is 4. The average molecular weight is 857 g/mol. The van der Waals surface area contributed by atoms with E-state index in [0.29, 0.717) is 0 Å². The minimum absolute atomic E-state index is 0.0284. The number of rotatable bonds is 10. The SMILES string of the molecule is Cc1cc2c(c(O)c1C(=O)NCC(=O)O)-c1c(cc3c(c1O)C(=O)c1cc(OCC(N)=O)cc(O)c1C3=O)[C@H](O)[C@H]2O[C@@H]1O[C@H](C)[C@H](O)[C@H](O[C@@H]2OC[C@@H](O)[C@H](O)[C@H]2O)[C@H]1O. The van der Waals surface area contributed by atoms with Gasteiger partial charge in [-0.2, -0.15) is 0 Å². The minimum Gasteiger partial charge on any atom is -0.507 e. The zero-order valence-corrected chi connectivity index (χ0v) is 31.9. The first-order valence-electron chi connectivity index (χ1n) is 18.5. The maximum Gasteiger partial charge on any atom is 0.322 e. The third kappa shape index (κ3) is 7.41. The Morgan fingerprint density at radius 3 is 2.13 bits per heavy atom. The van der Waals surface area contributed by atoms with Crippen molar-refractivity contribution in [3.8, 4) is 34.1 Å². The van der Waals surface area contributed by atoms with Gasteiger partial charge in [0.25, 0.3) is 11.8 Å². The molecule has 0 saturated carbocycles. The molecule has 3 aromatic carbocycles. The number of amides is 2. The summed E-state index contributed by atoms with van der Waals surface area (Å²) in [6.45, 7) is 0.651. The van der Waals surface area contributed by atoms with Gasteiger partial charge in [0, 0.05) is 28.3 Å². The second kappa shape index (κ2) is 16.2. The van der Waals surface area contributed by atoms with Crippen LogP contribution >= 0.6 is 0 Å². The van der Waals surface area contributed by atoms with E-state index in [4.69, 9.17) is 29.4 Å². The maximum absolute atomic E-state index is 14.1. The molecule has 22 nitrogen and oxygen atoms in total. The number of aliphatic hydroxyl groups excluding tert-OH is 6. The number of carboxylic acid groups (broad SMARTS) is 1. The molecule has 2 amide bonds. The van der Waals surface area contributed by atoms with Gasteiger partial charge in [0.1, 0.15) is 78.4 Å². The Morgan fingerprint density at radius 2 is 1.46 bits per heavy atom. The van der Waals surface area contributed by atoms with E-state index in [0.717, 1.165) is 18.2 Å². The van der Waals surface area contributed by atoms with E-state index in [1.165, 1.54) is 19.9 Å². The molecule has 3 aromatic rings. The van der Waals surface area contributed by atoms with Crippen molar-refractivity contribution in [3.63, 3.8) is 0 Å². The predicted octanol–water partition coefficient (Wildman–Crippen LogP) is -2.37. The van der Waals surface area contributed by atoms with Crippen LogP contribution in [0.4, 0.5) is 0 Å². The number of carbonyl (C=O) groups is 5. The van der Waals surface area contributed by atoms with E-state index < -0.39 is 178 Å². The number of aliphatic carboxylic acids is 1. The van der Waals surface area contributed by atoms with Crippen LogP contribution in [0.5, 0.6) is 23.0 Å². The highest BCUT2D eigenvalue weighted by Crippen LogP contribution is 2.57. The topological polar surface area (TPSA) is 372 Å². The molecule has 13 N–H and O–H groups in total. The quantitative estimate of drug-likeness (QED) is 0.0793. The standard InChI is InChI=1S/C39H40N2O20/c1-10-3-16-24(31(52)21(10)37(56)41-7-20(45)46)23-14(6-15-25(32(23)53)28(49)13-4-12(57-9-19(40)44)5-17(42)22(13)27(15)48)29(50)35(16)60-39-34(55)36(26(47)11(2)59-39)61-38-33(54)30(51)18(43)8-58-38/h3-6,11,18,26,29-30,33-36,38-39,42-43,47,50-55H,7-9H2,1-2H3,(H2,40,44)(H,41,56)(H,45,46)/t11-,18-,26+,29+,30+,33-,34-,35+,36+,38+,39+/m1/s1. The molecule has 0 aromatic heterocycles. The van der Waals surface area contributed by atoms with Gasteiger partial charge >= 0.3 is 5.97 Å². The molecule has 326 valence electrons. The van der Waals surface area contributed by atoms with E-state index in [1.54, 1.807) is 0 Å². The fourth-order valence-electron chi connectivity index (χ4n) is 7.91. The summed E-state index contributed by atoms with van der Waals surface area (Å²) in [6, 6.07) is 4.17. The van der Waals surface area contributed by atoms with Crippen LogP contribution in [0.3, 0.4) is 0 Å². The van der Waals surface area contributed by atoms with Gasteiger partial charge in [0.15, 0.2) is 30.8 Å². The lowest BCUT2D eigenvalue weighted by atomic mass is 9.74. The molecule has 2 aliphatic heterocycles. The summed E-state index contributed by atoms with van der Waals surface area (Å²) in [6.07, 6.45) is -18.8. The number of phenols is 3. The van der Waals surface area contributed by atoms with Gasteiger partial charge in [0.2, 0.25) is 0 Å².